The van der Waals surface area contributed by atoms with Crippen molar-refractivity contribution in [3.63, 3.8) is 0 Å². The van der Waals surface area contributed by atoms with Crippen molar-refractivity contribution in [2.75, 3.05) is 31.3 Å². The second-order valence-corrected chi connectivity index (χ2v) is 13.4. The highest BCUT2D eigenvalue weighted by molar-refractivity contribution is 7.99. The number of aromatic amines is 1. The molecular weight excluding hydrogens is 649 g/mol. The molecule has 0 radical (unpaired) electrons. The van der Waals surface area contributed by atoms with E-state index in [0.29, 0.717) is 41.7 Å². The number of carbonyl (C=O) groups is 1. The Morgan fingerprint density at radius 3 is 2.67 bits per heavy atom. The number of hydrogen-bond acceptors (Lipinski definition) is 11. The van der Waals surface area contributed by atoms with Gasteiger partial charge in [-0.2, -0.15) is 0 Å². The van der Waals surface area contributed by atoms with Gasteiger partial charge in [-0.15, -0.1) is 0 Å². The average molecular weight is 694 g/mol. The van der Waals surface area contributed by atoms with Gasteiger partial charge in [0, 0.05) is 41.6 Å². The van der Waals surface area contributed by atoms with Crippen molar-refractivity contribution >= 4 is 23.5 Å². The van der Waals surface area contributed by atoms with E-state index < -0.39 is 24.5 Å². The van der Waals surface area contributed by atoms with Gasteiger partial charge < -0.3 is 40.0 Å². The highest BCUT2D eigenvalue weighted by Crippen LogP contribution is 2.34. The maximum absolute atomic E-state index is 13.8. The van der Waals surface area contributed by atoms with Crippen molar-refractivity contribution in [1.82, 2.24) is 19.9 Å². The third-order valence-electron chi connectivity index (χ3n) is 8.45. The van der Waals surface area contributed by atoms with Gasteiger partial charge in [0.15, 0.2) is 11.4 Å². The van der Waals surface area contributed by atoms with Crippen LogP contribution in [0.25, 0.3) is 22.5 Å². The topological polar surface area (TPSA) is 153 Å². The Bertz CT molecular complexity index is 1640. The van der Waals surface area contributed by atoms with Crippen LogP contribution < -0.4 is 5.32 Å². The molecule has 2 aromatic carbocycles. The number of ether oxygens (including phenoxy) is 2. The number of aliphatic hydroxyl groups is 3. The number of pyridine rings is 1. The average Bonchev–Trinajstić information content (AvgIpc) is 3.53. The van der Waals surface area contributed by atoms with E-state index in [0.717, 1.165) is 16.7 Å². The number of esters is 1. The van der Waals surface area contributed by atoms with Crippen LogP contribution in [0.3, 0.4) is 0 Å². The Labute approximate surface area is 289 Å². The molecule has 1 fully saturated rings. The van der Waals surface area contributed by atoms with E-state index in [1.165, 1.54) is 23.9 Å². The zero-order valence-corrected chi connectivity index (χ0v) is 28.6. The maximum atomic E-state index is 13.8. The molecule has 1 aliphatic rings. The molecule has 3 heterocycles. The van der Waals surface area contributed by atoms with Crippen LogP contribution in [-0.4, -0.2) is 97.7 Å². The van der Waals surface area contributed by atoms with E-state index in [2.05, 4.69) is 34.3 Å². The Morgan fingerprint density at radius 2 is 1.92 bits per heavy atom. The number of rotatable bonds is 15. The molecule has 1 saturated heterocycles. The van der Waals surface area contributed by atoms with Crippen LogP contribution in [0.2, 0.25) is 0 Å². The quantitative estimate of drug-likeness (QED) is 0.0844. The molecule has 0 spiro atoms. The van der Waals surface area contributed by atoms with Gasteiger partial charge in [0.05, 0.1) is 23.6 Å². The molecule has 6 atom stereocenters. The molecule has 0 amide bonds. The maximum Gasteiger partial charge on any atom is 0.305 e. The molecule has 13 heteroatoms. The summed E-state index contributed by atoms with van der Waals surface area (Å²) in [6, 6.07) is 19.7. The van der Waals surface area contributed by atoms with Crippen molar-refractivity contribution in [3.8, 4) is 22.5 Å². The number of likely N-dealkylation sites (N-methyl/N-ethyl adjacent to an activating group) is 1. The molecule has 49 heavy (non-hydrogen) atoms. The van der Waals surface area contributed by atoms with Crippen LogP contribution in [0.4, 0.5) is 10.2 Å². The summed E-state index contributed by atoms with van der Waals surface area (Å²) < 4.78 is 24.4. The summed E-state index contributed by atoms with van der Waals surface area (Å²) in [5, 5.41) is 34.8. The lowest BCUT2D eigenvalue weighted by molar-refractivity contribution is -0.231. The van der Waals surface area contributed by atoms with Crippen molar-refractivity contribution in [3.05, 3.63) is 84.3 Å². The van der Waals surface area contributed by atoms with Gasteiger partial charge in [-0.3, -0.25) is 4.79 Å². The Morgan fingerprint density at radius 1 is 1.16 bits per heavy atom. The monoisotopic (exact) mass is 693 g/mol. The third kappa shape index (κ3) is 10.1. The zero-order chi connectivity index (χ0) is 34.9. The molecule has 0 bridgehead atoms. The smallest absolute Gasteiger partial charge is 0.305 e. The summed E-state index contributed by atoms with van der Waals surface area (Å²) in [5.41, 5.74) is 4.02. The predicted molar refractivity (Wildman–Crippen MR) is 186 cm³/mol. The lowest BCUT2D eigenvalue weighted by Gasteiger charge is -2.40. The van der Waals surface area contributed by atoms with Gasteiger partial charge in [-0.05, 0) is 82.2 Å². The Hall–Kier alpha value is -3.85. The second-order valence-electron chi connectivity index (χ2n) is 12.3. The van der Waals surface area contributed by atoms with Gasteiger partial charge in [-0.1, -0.05) is 42.1 Å². The minimum atomic E-state index is -1.23. The molecule has 11 nitrogen and oxygen atoms in total. The molecular formula is C36H44FN5O6S. The fourth-order valence-corrected chi connectivity index (χ4v) is 6.54. The van der Waals surface area contributed by atoms with E-state index in [9.17, 15) is 24.5 Å². The summed E-state index contributed by atoms with van der Waals surface area (Å²) in [6.07, 6.45) is -0.451. The number of aliphatic hydroxyl groups excluding tert-OH is 3. The normalized spacial score (nSPS) is 20.6. The zero-order valence-electron chi connectivity index (χ0n) is 27.8. The minimum Gasteiger partial charge on any atom is -0.463 e. The predicted octanol–water partition coefficient (Wildman–Crippen LogP) is 5.02. The molecule has 5 N–H and O–H groups in total. The molecule has 3 unspecified atom stereocenters. The van der Waals surface area contributed by atoms with Gasteiger partial charge in [-0.25, -0.2) is 14.4 Å². The van der Waals surface area contributed by atoms with E-state index in [-0.39, 0.29) is 42.8 Å². The first-order chi connectivity index (χ1) is 23.6. The van der Waals surface area contributed by atoms with Crippen LogP contribution in [0, 0.1) is 5.82 Å². The van der Waals surface area contributed by atoms with E-state index >= 15 is 0 Å². The van der Waals surface area contributed by atoms with Gasteiger partial charge in [0.1, 0.15) is 24.3 Å². The highest BCUT2D eigenvalue weighted by atomic mass is 32.2. The summed E-state index contributed by atoms with van der Waals surface area (Å²) in [5.74, 6) is 0.114. The summed E-state index contributed by atoms with van der Waals surface area (Å²) in [6.45, 7) is 4.26. The Balaban J connectivity index is 1.16. The standard InChI is InChI=1S/C36H44FN5O6S/c1-22-18-29(34(45)35(46)48-22)42(3)17-7-10-31(44)47-20-28(43)21-49-36-40-32(25-11-13-27(37)14-12-25)33(41-36)26-15-16-38-30(19-26)39-23(2)24-8-5-4-6-9-24/h4-6,8-9,11-16,19,22-23,28-29,34-35,43,45-46H,7,10,17-18,20-21H2,1-3H3,(H,38,39)(H,40,41)/t22-,23?,28?,29?,34-,35-/m1/s1. The Kier molecular flexibility index (Phi) is 12.8. The number of nitrogens with zero attached hydrogens (tertiary/aromatic N) is 3. The molecule has 0 saturated carbocycles. The molecule has 262 valence electrons. The van der Waals surface area contributed by atoms with Crippen molar-refractivity contribution in [1.29, 1.82) is 0 Å². The van der Waals surface area contributed by atoms with E-state index in [4.69, 9.17) is 14.5 Å². The van der Waals surface area contributed by atoms with Crippen LogP contribution in [0.5, 0.6) is 0 Å². The number of imidazole rings is 1. The van der Waals surface area contributed by atoms with Gasteiger partial charge >= 0.3 is 5.97 Å². The number of halogens is 1. The number of carbonyl (C=O) groups excluding carboxylic acids is 1. The fourth-order valence-electron chi connectivity index (χ4n) is 5.77. The minimum absolute atomic E-state index is 0.0211. The summed E-state index contributed by atoms with van der Waals surface area (Å²) in [4.78, 5) is 26.9. The van der Waals surface area contributed by atoms with Crippen molar-refractivity contribution in [2.45, 2.75) is 75.0 Å². The number of benzene rings is 2. The van der Waals surface area contributed by atoms with Crippen LogP contribution in [0.1, 0.15) is 44.7 Å². The number of anilines is 1. The van der Waals surface area contributed by atoms with Gasteiger partial charge in [0.25, 0.3) is 0 Å². The van der Waals surface area contributed by atoms with Crippen LogP contribution in [-0.2, 0) is 14.3 Å². The first-order valence-electron chi connectivity index (χ1n) is 16.4. The fraction of sp³-hybridized carbons (Fsp3) is 0.417. The third-order valence-corrected chi connectivity index (χ3v) is 9.47. The van der Waals surface area contributed by atoms with Crippen molar-refractivity contribution < 1.29 is 34.0 Å². The molecule has 0 aliphatic carbocycles. The first-order valence-corrected chi connectivity index (χ1v) is 17.4. The number of nitrogens with one attached hydrogen (secondary N) is 2. The lowest BCUT2D eigenvalue weighted by atomic mass is 9.99. The van der Waals surface area contributed by atoms with Crippen LogP contribution >= 0.6 is 11.8 Å². The molecule has 5 rings (SSSR count). The van der Waals surface area contributed by atoms with E-state index in [1.54, 1.807) is 18.3 Å². The second kappa shape index (κ2) is 17.2. The van der Waals surface area contributed by atoms with Crippen LogP contribution in [0.15, 0.2) is 78.1 Å². The first kappa shape index (κ1) is 36.4. The SMILES string of the molecule is CC(Nc1cc(-c2nc(SCC(O)COC(=O)CCCN(C)C3C[C@@H](C)O[C@@H](O)[C@@H]3O)[nH]c2-c2ccc(F)cc2)ccn1)c1ccccc1. The highest BCUT2D eigenvalue weighted by Gasteiger charge is 2.37. The molecule has 1 aliphatic heterocycles. The number of aromatic nitrogens is 3. The van der Waals surface area contributed by atoms with Gasteiger partial charge in [0.2, 0.25) is 0 Å². The van der Waals surface area contributed by atoms with Crippen molar-refractivity contribution in [2.24, 2.45) is 0 Å². The number of hydrogen-bond donors (Lipinski definition) is 5. The molecule has 2 aromatic heterocycles. The number of thioether (sulfide) groups is 1. The van der Waals surface area contributed by atoms with E-state index in [1.807, 2.05) is 49.2 Å². The lowest BCUT2D eigenvalue weighted by Crippen LogP contribution is -2.54. The molecule has 4 aromatic rings. The largest absolute Gasteiger partial charge is 0.463 e. The number of H-pyrrole nitrogens is 1. The summed E-state index contributed by atoms with van der Waals surface area (Å²) >= 11 is 1.28. The summed E-state index contributed by atoms with van der Waals surface area (Å²) in [7, 11) is 1.84.